The smallest absolute Gasteiger partial charge is 0.423 e. The first-order valence-electron chi connectivity index (χ1n) is 27.3. The van der Waals surface area contributed by atoms with Gasteiger partial charge in [0.25, 0.3) is 0 Å². The molecular formula is C70H52BClN10O2. The Hall–Kier alpha value is -10.3. The number of aromatic nitrogens is 10. The number of rotatable bonds is 8. The Labute approximate surface area is 490 Å². The van der Waals surface area contributed by atoms with Gasteiger partial charge in [-0.25, -0.2) is 29.9 Å². The number of benzene rings is 6. The quantitative estimate of drug-likeness (QED) is 0.0840. The monoisotopic (exact) mass is 1110 g/mol. The second kappa shape index (κ2) is 24.0. The van der Waals surface area contributed by atoms with E-state index in [-0.39, 0.29) is 0 Å². The van der Waals surface area contributed by atoms with Gasteiger partial charge in [-0.3, -0.25) is 19.9 Å². The third kappa shape index (κ3) is 11.9. The normalized spacial score (nSPS) is 11.0. The predicted octanol–water partition coefficient (Wildman–Crippen LogP) is 14.9. The first-order valence-corrected chi connectivity index (χ1v) is 27.7. The lowest BCUT2D eigenvalue weighted by Crippen LogP contribution is -2.29. The summed E-state index contributed by atoms with van der Waals surface area (Å²) in [4.78, 5) is 47.0. The van der Waals surface area contributed by atoms with E-state index in [4.69, 9.17) is 36.5 Å². The molecule has 0 atom stereocenters. The van der Waals surface area contributed by atoms with Gasteiger partial charge in [0.2, 0.25) is 0 Å². The summed E-state index contributed by atoms with van der Waals surface area (Å²) in [6, 6.07) is 71.3. The molecule has 0 spiro atoms. The predicted molar refractivity (Wildman–Crippen MR) is 339 cm³/mol. The minimum Gasteiger partial charge on any atom is -0.423 e. The van der Waals surface area contributed by atoms with Gasteiger partial charge in [-0.05, 0) is 105 Å². The molecule has 14 rings (SSSR count). The molecule has 0 radical (unpaired) electrons. The van der Waals surface area contributed by atoms with E-state index in [0.29, 0.717) is 22.3 Å². The van der Waals surface area contributed by atoms with E-state index < -0.39 is 7.12 Å². The highest BCUT2D eigenvalue weighted by atomic mass is 35.5. The van der Waals surface area contributed by atoms with Crippen LogP contribution in [0.1, 0.15) is 22.5 Å². The molecule has 14 heteroatoms. The topological polar surface area (TPSA) is 169 Å². The molecule has 0 fully saturated rings. The van der Waals surface area contributed by atoms with Crippen molar-refractivity contribution >= 4 is 67.8 Å². The SMILES string of the molecule is Cc1ccc2ccc3c(C)cc(-c4ccc(-c5nc(-c6ccccc6)cc(-c6ccccn6)n5)cc4)nc3c2n1.Cc1ccc2ccc3c(C)cc(Cl)nc3c2n1.OB(O)c1ccc(-c2nc(-c3ccccc3)cc(-c3ccccn3)n2)cc1. The maximum absolute atomic E-state index is 9.29. The maximum atomic E-state index is 9.29. The summed E-state index contributed by atoms with van der Waals surface area (Å²) in [5.74, 6) is 1.21. The largest absolute Gasteiger partial charge is 0.488 e. The lowest BCUT2D eigenvalue weighted by molar-refractivity contribution is 0.426. The molecule has 8 heterocycles. The second-order valence-corrected chi connectivity index (χ2v) is 20.6. The lowest BCUT2D eigenvalue weighted by atomic mass is 9.80. The third-order valence-corrected chi connectivity index (χ3v) is 14.5. The molecule has 0 amide bonds. The van der Waals surface area contributed by atoms with Crippen LogP contribution in [-0.4, -0.2) is 67.0 Å². The molecule has 84 heavy (non-hydrogen) atoms. The Morgan fingerprint density at radius 3 is 1.20 bits per heavy atom. The Morgan fingerprint density at radius 2 is 0.726 bits per heavy atom. The van der Waals surface area contributed by atoms with Crippen LogP contribution in [0, 0.1) is 27.7 Å². The summed E-state index contributed by atoms with van der Waals surface area (Å²) in [5.41, 5.74) is 18.8. The molecule has 2 N–H and O–H groups in total. The van der Waals surface area contributed by atoms with Crippen molar-refractivity contribution in [1.82, 2.24) is 49.8 Å². The fraction of sp³-hybridized carbons (Fsp3) is 0.0571. The van der Waals surface area contributed by atoms with Crippen LogP contribution in [-0.2, 0) is 0 Å². The first kappa shape index (κ1) is 54.3. The summed E-state index contributed by atoms with van der Waals surface area (Å²) in [6.45, 7) is 8.17. The summed E-state index contributed by atoms with van der Waals surface area (Å²) >= 11 is 6.03. The summed E-state index contributed by atoms with van der Waals surface area (Å²) in [6.07, 6.45) is 3.52. The zero-order chi connectivity index (χ0) is 57.7. The van der Waals surface area contributed by atoms with Crippen LogP contribution in [0.25, 0.3) is 123 Å². The Bertz CT molecular complexity index is 4570. The minimum atomic E-state index is -1.50. The van der Waals surface area contributed by atoms with Crippen molar-refractivity contribution in [3.8, 4) is 79.3 Å². The molecule has 14 aromatic rings. The zero-order valence-corrected chi connectivity index (χ0v) is 47.0. The van der Waals surface area contributed by atoms with Crippen molar-refractivity contribution < 1.29 is 10.0 Å². The highest BCUT2D eigenvalue weighted by molar-refractivity contribution is 6.58. The van der Waals surface area contributed by atoms with E-state index in [0.717, 1.165) is 128 Å². The molecule has 8 aromatic heterocycles. The molecule has 404 valence electrons. The van der Waals surface area contributed by atoms with E-state index >= 15 is 0 Å². The fourth-order valence-corrected chi connectivity index (χ4v) is 10.2. The summed E-state index contributed by atoms with van der Waals surface area (Å²) in [7, 11) is -1.50. The molecule has 0 bridgehead atoms. The average Bonchev–Trinajstić information content (AvgIpc) is 2.76. The number of hydrogen-bond acceptors (Lipinski definition) is 12. The molecular weight excluding hydrogens is 1060 g/mol. The van der Waals surface area contributed by atoms with Crippen molar-refractivity contribution in [1.29, 1.82) is 0 Å². The van der Waals surface area contributed by atoms with Gasteiger partial charge < -0.3 is 10.0 Å². The highest BCUT2D eigenvalue weighted by Gasteiger charge is 2.17. The van der Waals surface area contributed by atoms with Crippen molar-refractivity contribution in [2.45, 2.75) is 27.7 Å². The first-order chi connectivity index (χ1) is 41.0. The fourth-order valence-electron chi connectivity index (χ4n) is 9.94. The van der Waals surface area contributed by atoms with Crippen LogP contribution in [0.3, 0.4) is 0 Å². The van der Waals surface area contributed by atoms with E-state index in [1.165, 1.54) is 5.56 Å². The number of pyridine rings is 6. The van der Waals surface area contributed by atoms with Gasteiger partial charge in [-0.2, -0.15) is 0 Å². The van der Waals surface area contributed by atoms with Gasteiger partial charge in [0.15, 0.2) is 11.6 Å². The van der Waals surface area contributed by atoms with Gasteiger partial charge >= 0.3 is 7.12 Å². The maximum Gasteiger partial charge on any atom is 0.488 e. The van der Waals surface area contributed by atoms with Crippen molar-refractivity contribution in [3.63, 3.8) is 0 Å². The lowest BCUT2D eigenvalue weighted by Gasteiger charge is -2.11. The van der Waals surface area contributed by atoms with Gasteiger partial charge in [-0.1, -0.05) is 169 Å². The van der Waals surface area contributed by atoms with Crippen LogP contribution in [0.4, 0.5) is 0 Å². The summed E-state index contributed by atoms with van der Waals surface area (Å²) < 4.78 is 0. The Morgan fingerprint density at radius 1 is 0.321 bits per heavy atom. The van der Waals surface area contributed by atoms with Crippen LogP contribution >= 0.6 is 11.6 Å². The van der Waals surface area contributed by atoms with Gasteiger partial charge in [-0.15, -0.1) is 0 Å². The van der Waals surface area contributed by atoms with Gasteiger partial charge in [0, 0.05) is 73.1 Å². The van der Waals surface area contributed by atoms with E-state index in [1.54, 1.807) is 36.7 Å². The number of fused-ring (bicyclic) bond motifs is 6. The van der Waals surface area contributed by atoms with E-state index in [2.05, 4.69) is 111 Å². The molecule has 0 saturated heterocycles. The molecule has 0 aliphatic carbocycles. The number of nitrogens with zero attached hydrogens (tertiary/aromatic N) is 10. The molecule has 0 saturated carbocycles. The van der Waals surface area contributed by atoms with Crippen molar-refractivity contribution in [2.24, 2.45) is 0 Å². The Kier molecular flexibility index (Phi) is 15.5. The summed E-state index contributed by atoms with van der Waals surface area (Å²) in [5, 5.41) is 23.5. The highest BCUT2D eigenvalue weighted by Crippen LogP contribution is 2.33. The van der Waals surface area contributed by atoms with Crippen LogP contribution in [0.2, 0.25) is 5.15 Å². The number of halogens is 1. The van der Waals surface area contributed by atoms with Crippen LogP contribution in [0.15, 0.2) is 231 Å². The number of hydrogen-bond donors (Lipinski definition) is 2. The van der Waals surface area contributed by atoms with E-state index in [9.17, 15) is 10.0 Å². The molecule has 12 nitrogen and oxygen atoms in total. The molecule has 0 aliphatic heterocycles. The third-order valence-electron chi connectivity index (χ3n) is 14.3. The molecule has 0 aliphatic rings. The van der Waals surface area contributed by atoms with Crippen molar-refractivity contribution in [2.75, 3.05) is 0 Å². The van der Waals surface area contributed by atoms with E-state index in [1.807, 2.05) is 136 Å². The average molecular weight is 1110 g/mol. The molecule has 0 unspecified atom stereocenters. The Balaban J connectivity index is 0.000000136. The van der Waals surface area contributed by atoms with Crippen LogP contribution in [0.5, 0.6) is 0 Å². The standard InChI is InChI=1S/C35H25N5.C21H16BN3O2.C14H11ClN2/c1-22-20-30(38-34-28(22)18-17-26-12-11-23(2)37-33(26)34)25-13-15-27(16-14-25)35-39-31(24-8-4-3-5-9-24)21-32(40-35)29-10-6-7-19-36-29;26-22(27)17-11-9-16(10-12-17)21-24-19(15-6-2-1-3-7-15)14-20(25-21)18-8-4-5-13-23-18;1-8-7-12(15)17-14-11(8)6-5-10-4-3-9(2)16-13(10)14/h3-21H,1-2H3;1-14,26-27H;3-7H,1-2H3. The molecule has 6 aromatic carbocycles. The van der Waals surface area contributed by atoms with Crippen LogP contribution < -0.4 is 5.46 Å². The van der Waals surface area contributed by atoms with Gasteiger partial charge in [0.1, 0.15) is 5.15 Å². The van der Waals surface area contributed by atoms with Crippen molar-refractivity contribution in [3.05, 3.63) is 258 Å². The zero-order valence-electron chi connectivity index (χ0n) is 46.3. The van der Waals surface area contributed by atoms with Gasteiger partial charge in [0.05, 0.1) is 61.9 Å². The number of aryl methyl sites for hydroxylation is 4. The minimum absolute atomic E-state index is 0.419. The second-order valence-electron chi connectivity index (χ2n) is 20.2.